The molecule has 29 heavy (non-hydrogen) atoms. The van der Waals surface area contributed by atoms with Crippen molar-refractivity contribution in [2.75, 3.05) is 18.5 Å². The minimum absolute atomic E-state index is 0.0929. The SMILES string of the molecule is CCOC(=O)c1cc(NC(=O)[C@H]2[C@H](C(=O)O)[C@H]3C=C[C@H]2C3)cc(C(=O)OCC)c1. The molecule has 154 valence electrons. The largest absolute Gasteiger partial charge is 0.481 e. The van der Waals surface area contributed by atoms with Gasteiger partial charge in [-0.3, -0.25) is 9.59 Å². The molecule has 0 heterocycles. The highest BCUT2D eigenvalue weighted by Crippen LogP contribution is 2.48. The molecule has 2 bridgehead atoms. The minimum Gasteiger partial charge on any atom is -0.481 e. The van der Waals surface area contributed by atoms with Gasteiger partial charge in [-0.25, -0.2) is 9.59 Å². The van der Waals surface area contributed by atoms with Gasteiger partial charge in [0.2, 0.25) is 5.91 Å². The number of hydrogen-bond donors (Lipinski definition) is 2. The quantitative estimate of drug-likeness (QED) is 0.532. The molecular formula is C21H23NO7. The smallest absolute Gasteiger partial charge is 0.338 e. The molecule has 1 amide bonds. The fourth-order valence-electron chi connectivity index (χ4n) is 4.11. The number of allylic oxidation sites excluding steroid dienone is 2. The Balaban J connectivity index is 1.88. The molecule has 2 aliphatic rings. The van der Waals surface area contributed by atoms with Gasteiger partial charge >= 0.3 is 17.9 Å². The van der Waals surface area contributed by atoms with Gasteiger partial charge in [-0.05, 0) is 50.3 Å². The molecule has 1 fully saturated rings. The lowest BCUT2D eigenvalue weighted by Gasteiger charge is -2.24. The first-order valence-corrected chi connectivity index (χ1v) is 9.57. The van der Waals surface area contributed by atoms with Crippen molar-refractivity contribution >= 4 is 29.5 Å². The monoisotopic (exact) mass is 401 g/mol. The summed E-state index contributed by atoms with van der Waals surface area (Å²) in [6, 6.07) is 4.14. The lowest BCUT2D eigenvalue weighted by atomic mass is 9.82. The number of ether oxygens (including phenoxy) is 2. The molecule has 0 spiro atoms. The van der Waals surface area contributed by atoms with Crippen LogP contribution in [0.4, 0.5) is 5.69 Å². The zero-order valence-electron chi connectivity index (χ0n) is 16.2. The molecule has 8 nitrogen and oxygen atoms in total. The maximum atomic E-state index is 12.9. The average Bonchev–Trinajstić information content (AvgIpc) is 3.29. The molecule has 0 saturated heterocycles. The summed E-state index contributed by atoms with van der Waals surface area (Å²) < 4.78 is 9.96. The van der Waals surface area contributed by atoms with Crippen LogP contribution in [0.1, 0.15) is 41.0 Å². The highest BCUT2D eigenvalue weighted by molar-refractivity contribution is 6.01. The molecule has 0 aromatic heterocycles. The van der Waals surface area contributed by atoms with Gasteiger partial charge in [-0.2, -0.15) is 0 Å². The number of carboxylic acids is 1. The van der Waals surface area contributed by atoms with Crippen molar-refractivity contribution in [3.05, 3.63) is 41.5 Å². The molecule has 0 radical (unpaired) electrons. The molecule has 2 N–H and O–H groups in total. The van der Waals surface area contributed by atoms with E-state index in [1.165, 1.54) is 18.2 Å². The Morgan fingerprint density at radius 3 is 1.93 bits per heavy atom. The molecule has 0 unspecified atom stereocenters. The molecule has 0 aliphatic heterocycles. The van der Waals surface area contributed by atoms with Gasteiger partial charge in [0.25, 0.3) is 0 Å². The van der Waals surface area contributed by atoms with Crippen molar-refractivity contribution < 1.29 is 33.8 Å². The summed E-state index contributed by atoms with van der Waals surface area (Å²) in [5.74, 6) is -4.53. The Morgan fingerprint density at radius 1 is 0.931 bits per heavy atom. The number of nitrogens with one attached hydrogen (secondary N) is 1. The highest BCUT2D eigenvalue weighted by Gasteiger charge is 2.51. The highest BCUT2D eigenvalue weighted by atomic mass is 16.5. The fraction of sp³-hybridized carbons (Fsp3) is 0.429. The van der Waals surface area contributed by atoms with Crippen LogP contribution in [0.5, 0.6) is 0 Å². The number of hydrogen-bond acceptors (Lipinski definition) is 6. The average molecular weight is 401 g/mol. The predicted molar refractivity (Wildman–Crippen MR) is 102 cm³/mol. The molecule has 1 aromatic rings. The molecule has 1 aromatic carbocycles. The van der Waals surface area contributed by atoms with Gasteiger partial charge in [0, 0.05) is 5.69 Å². The number of anilines is 1. The Hall–Kier alpha value is -3.16. The van der Waals surface area contributed by atoms with Gasteiger partial charge in [-0.1, -0.05) is 12.2 Å². The summed E-state index contributed by atoms with van der Waals surface area (Å²) in [4.78, 5) is 48.8. The lowest BCUT2D eigenvalue weighted by molar-refractivity contribution is -0.146. The number of fused-ring (bicyclic) bond motifs is 2. The van der Waals surface area contributed by atoms with Gasteiger partial charge in [0.1, 0.15) is 0 Å². The number of carbonyl (C=O) groups excluding carboxylic acids is 3. The number of carbonyl (C=O) groups is 4. The van der Waals surface area contributed by atoms with Crippen LogP contribution in [-0.4, -0.2) is 42.1 Å². The third-order valence-electron chi connectivity index (χ3n) is 5.27. The lowest BCUT2D eigenvalue weighted by Crippen LogP contribution is -2.36. The summed E-state index contributed by atoms with van der Waals surface area (Å²) in [6.45, 7) is 3.62. The van der Waals surface area contributed by atoms with Gasteiger partial charge in [0.05, 0.1) is 36.2 Å². The number of esters is 2. The maximum absolute atomic E-state index is 12.9. The van der Waals surface area contributed by atoms with Crippen molar-refractivity contribution in [1.82, 2.24) is 0 Å². The fourth-order valence-corrected chi connectivity index (χ4v) is 4.11. The van der Waals surface area contributed by atoms with E-state index in [2.05, 4.69) is 5.32 Å². The number of amides is 1. The summed E-state index contributed by atoms with van der Waals surface area (Å²) in [7, 11) is 0. The van der Waals surface area contributed by atoms with E-state index in [0.717, 1.165) is 0 Å². The third-order valence-corrected chi connectivity index (χ3v) is 5.27. The standard InChI is InChI=1S/C21H23NO7/c1-3-28-20(26)13-8-14(21(27)29-4-2)10-15(9-13)22-18(23)16-11-5-6-12(7-11)17(16)19(24)25/h5-6,8-12,16-17H,3-4,7H2,1-2H3,(H,22,23)(H,24,25)/t11-,12-,16+,17+/m0/s1. The molecule has 4 atom stereocenters. The first-order chi connectivity index (χ1) is 13.8. The third kappa shape index (κ3) is 4.16. The van der Waals surface area contributed by atoms with Crippen molar-refractivity contribution in [3.8, 4) is 0 Å². The van der Waals surface area contributed by atoms with E-state index in [9.17, 15) is 24.3 Å². The second-order valence-corrected chi connectivity index (χ2v) is 7.07. The van der Waals surface area contributed by atoms with Crippen LogP contribution in [0.3, 0.4) is 0 Å². The van der Waals surface area contributed by atoms with E-state index < -0.39 is 35.7 Å². The molecule has 2 aliphatic carbocycles. The zero-order valence-corrected chi connectivity index (χ0v) is 16.2. The first kappa shape index (κ1) is 20.6. The topological polar surface area (TPSA) is 119 Å². The predicted octanol–water partition coefficient (Wildman–Crippen LogP) is 2.50. The van der Waals surface area contributed by atoms with Gasteiger partial charge in [0.15, 0.2) is 0 Å². The number of benzene rings is 1. The molecule has 3 rings (SSSR count). The summed E-state index contributed by atoms with van der Waals surface area (Å²) >= 11 is 0. The second-order valence-electron chi connectivity index (χ2n) is 7.07. The van der Waals surface area contributed by atoms with E-state index in [4.69, 9.17) is 9.47 Å². The van der Waals surface area contributed by atoms with Crippen LogP contribution in [0, 0.1) is 23.7 Å². The van der Waals surface area contributed by atoms with E-state index in [1.54, 1.807) is 13.8 Å². The van der Waals surface area contributed by atoms with Crippen LogP contribution in [-0.2, 0) is 19.1 Å². The molecular weight excluding hydrogens is 378 g/mol. The van der Waals surface area contributed by atoms with Crippen molar-refractivity contribution in [2.24, 2.45) is 23.7 Å². The Bertz CT molecular complexity index is 840. The van der Waals surface area contributed by atoms with E-state index in [0.29, 0.717) is 6.42 Å². The van der Waals surface area contributed by atoms with Crippen LogP contribution < -0.4 is 5.32 Å². The van der Waals surface area contributed by atoms with Crippen molar-refractivity contribution in [2.45, 2.75) is 20.3 Å². The van der Waals surface area contributed by atoms with Gasteiger partial charge < -0.3 is 19.9 Å². The minimum atomic E-state index is -1.01. The van der Waals surface area contributed by atoms with Crippen LogP contribution in [0.2, 0.25) is 0 Å². The van der Waals surface area contributed by atoms with Crippen LogP contribution in [0.25, 0.3) is 0 Å². The van der Waals surface area contributed by atoms with E-state index in [1.807, 2.05) is 12.2 Å². The molecule has 1 saturated carbocycles. The number of aliphatic carboxylic acids is 1. The summed E-state index contributed by atoms with van der Waals surface area (Å²) in [6.07, 6.45) is 4.37. The van der Waals surface area contributed by atoms with Crippen molar-refractivity contribution in [1.29, 1.82) is 0 Å². The first-order valence-electron chi connectivity index (χ1n) is 9.57. The number of rotatable bonds is 7. The van der Waals surface area contributed by atoms with Crippen LogP contribution in [0.15, 0.2) is 30.4 Å². The molecule has 8 heteroatoms. The Kier molecular flexibility index (Phi) is 6.00. The summed E-state index contributed by atoms with van der Waals surface area (Å²) in [5, 5.41) is 12.2. The Morgan fingerprint density at radius 2 is 1.45 bits per heavy atom. The number of carboxylic acid groups (broad SMARTS) is 1. The second kappa shape index (κ2) is 8.46. The zero-order chi connectivity index (χ0) is 21.1. The normalized spacial score (nSPS) is 24.2. The van der Waals surface area contributed by atoms with Crippen LogP contribution >= 0.6 is 0 Å². The summed E-state index contributed by atoms with van der Waals surface area (Å²) in [5.41, 5.74) is 0.394. The van der Waals surface area contributed by atoms with Gasteiger partial charge in [-0.15, -0.1) is 0 Å². The maximum Gasteiger partial charge on any atom is 0.338 e. The van der Waals surface area contributed by atoms with E-state index >= 15 is 0 Å². The Labute approximate surface area is 167 Å². The van der Waals surface area contributed by atoms with E-state index in [-0.39, 0.29) is 41.9 Å². The van der Waals surface area contributed by atoms with Crippen molar-refractivity contribution in [3.63, 3.8) is 0 Å².